The van der Waals surface area contributed by atoms with Crippen molar-refractivity contribution < 1.29 is 39.5 Å². The van der Waals surface area contributed by atoms with Crippen LogP contribution in [0.25, 0.3) is 0 Å². The van der Waals surface area contributed by atoms with Gasteiger partial charge >= 0.3 is 29.6 Å². The van der Waals surface area contributed by atoms with E-state index in [0.717, 1.165) is 12.8 Å². The molecule has 0 heterocycles. The molecule has 2 nitrogen and oxygen atoms in total. The summed E-state index contributed by atoms with van der Waals surface area (Å²) in [5, 5.41) is 10.4. The Morgan fingerprint density at radius 3 is 2.00 bits per heavy atom. The summed E-state index contributed by atoms with van der Waals surface area (Å²) in [5.41, 5.74) is 0. The van der Waals surface area contributed by atoms with Gasteiger partial charge in [-0.25, -0.2) is 0 Å². The Balaban J connectivity index is 0. The van der Waals surface area contributed by atoms with Crippen molar-refractivity contribution >= 4 is 5.97 Å². The molecule has 0 aromatic heterocycles. The van der Waals surface area contributed by atoms with Crippen molar-refractivity contribution in [1.29, 1.82) is 0 Å². The van der Waals surface area contributed by atoms with E-state index < -0.39 is 5.97 Å². The van der Waals surface area contributed by atoms with Crippen LogP contribution in [0.2, 0.25) is 0 Å². The minimum Gasteiger partial charge on any atom is -0.550 e. The smallest absolute Gasteiger partial charge is 0.550 e. The summed E-state index contributed by atoms with van der Waals surface area (Å²) < 4.78 is 0. The molecule has 0 amide bonds. The van der Waals surface area contributed by atoms with Gasteiger partial charge in [0.05, 0.1) is 0 Å². The molecular weight excluding hydrogens is 199 g/mol. The van der Waals surface area contributed by atoms with Crippen LogP contribution in [0.1, 0.15) is 65.2 Å². The number of carbonyl (C=O) groups is 1. The van der Waals surface area contributed by atoms with E-state index in [2.05, 4.69) is 6.92 Å². The second kappa shape index (κ2) is 12.5. The molecule has 0 aliphatic rings. The molecule has 0 saturated carbocycles. The van der Waals surface area contributed by atoms with Gasteiger partial charge in [0.25, 0.3) is 0 Å². The summed E-state index contributed by atoms with van der Waals surface area (Å²) in [7, 11) is 0. The van der Waals surface area contributed by atoms with Crippen molar-refractivity contribution in [2.75, 3.05) is 0 Å². The van der Waals surface area contributed by atoms with Crippen molar-refractivity contribution in [2.24, 2.45) is 5.92 Å². The molecule has 0 spiro atoms. The van der Waals surface area contributed by atoms with Crippen LogP contribution in [0, 0.1) is 5.92 Å². The molecule has 0 aliphatic heterocycles. The predicted octanol–water partition coefficient (Wildman–Crippen LogP) is -0.483. The van der Waals surface area contributed by atoms with E-state index in [1.807, 2.05) is 0 Å². The molecule has 84 valence electrons. The molecule has 3 heteroatoms. The summed E-state index contributed by atoms with van der Waals surface area (Å²) in [4.78, 5) is 10.4. The summed E-state index contributed by atoms with van der Waals surface area (Å²) in [6.07, 6.45) is 9.45. The second-order valence-electron chi connectivity index (χ2n) is 4.13. The van der Waals surface area contributed by atoms with E-state index in [1.54, 1.807) is 6.92 Å². The van der Waals surface area contributed by atoms with E-state index in [9.17, 15) is 9.90 Å². The van der Waals surface area contributed by atoms with Crippen LogP contribution < -0.4 is 34.7 Å². The van der Waals surface area contributed by atoms with Gasteiger partial charge in [0.15, 0.2) is 0 Å². The van der Waals surface area contributed by atoms with Crippen LogP contribution in [0.5, 0.6) is 0 Å². The van der Waals surface area contributed by atoms with E-state index in [0.29, 0.717) is 0 Å². The van der Waals surface area contributed by atoms with Gasteiger partial charge in [-0.2, -0.15) is 0 Å². The Kier molecular flexibility index (Phi) is 14.9. The fourth-order valence-corrected chi connectivity index (χ4v) is 1.53. The summed E-state index contributed by atoms with van der Waals surface area (Å²) >= 11 is 0. The maximum Gasteiger partial charge on any atom is 1.00 e. The Hall–Kier alpha value is 0.470. The molecule has 0 aliphatic carbocycles. The predicted molar refractivity (Wildman–Crippen MR) is 56.8 cm³/mol. The second-order valence-corrected chi connectivity index (χ2v) is 4.13. The zero-order valence-corrected chi connectivity index (χ0v) is 12.6. The molecule has 0 fully saturated rings. The van der Waals surface area contributed by atoms with Crippen molar-refractivity contribution in [3.05, 3.63) is 0 Å². The number of hydrogen-bond donors (Lipinski definition) is 0. The Bertz CT molecular complexity index is 149. The third-order valence-electron chi connectivity index (χ3n) is 2.64. The number of carbonyl (C=O) groups excluding carboxylic acids is 1. The first-order chi connectivity index (χ1) is 6.68. The number of carboxylic acids is 1. The van der Waals surface area contributed by atoms with Crippen LogP contribution >= 0.6 is 0 Å². The van der Waals surface area contributed by atoms with Gasteiger partial charge in [-0.1, -0.05) is 58.8 Å². The van der Waals surface area contributed by atoms with Crippen LogP contribution in [-0.4, -0.2) is 5.97 Å². The van der Waals surface area contributed by atoms with Gasteiger partial charge < -0.3 is 9.90 Å². The average molecular weight is 222 g/mol. The van der Waals surface area contributed by atoms with E-state index in [1.165, 1.54) is 38.5 Å². The minimum atomic E-state index is -0.906. The normalized spacial score (nSPS) is 11.9. The SMILES string of the molecule is CCCCCCCCCC(C)C(=O)[O-].[Na+]. The van der Waals surface area contributed by atoms with Crippen LogP contribution in [0.4, 0.5) is 0 Å². The first kappa shape index (κ1) is 17.9. The first-order valence-electron chi connectivity index (χ1n) is 5.89. The van der Waals surface area contributed by atoms with Gasteiger partial charge in [-0.15, -0.1) is 0 Å². The average Bonchev–Trinajstić information content (AvgIpc) is 2.16. The monoisotopic (exact) mass is 222 g/mol. The molecule has 0 aromatic carbocycles. The quantitative estimate of drug-likeness (QED) is 0.390. The van der Waals surface area contributed by atoms with Crippen LogP contribution in [0.15, 0.2) is 0 Å². The van der Waals surface area contributed by atoms with E-state index in [-0.39, 0.29) is 35.5 Å². The van der Waals surface area contributed by atoms with Crippen molar-refractivity contribution in [2.45, 2.75) is 65.2 Å². The third kappa shape index (κ3) is 12.4. The zero-order valence-electron chi connectivity index (χ0n) is 10.6. The van der Waals surface area contributed by atoms with E-state index in [4.69, 9.17) is 0 Å². The number of rotatable bonds is 9. The van der Waals surface area contributed by atoms with Crippen LogP contribution in [-0.2, 0) is 4.79 Å². The van der Waals surface area contributed by atoms with Gasteiger partial charge in [0.1, 0.15) is 0 Å². The van der Waals surface area contributed by atoms with Crippen molar-refractivity contribution in [3.8, 4) is 0 Å². The van der Waals surface area contributed by atoms with Crippen molar-refractivity contribution in [3.63, 3.8) is 0 Å². The maximum atomic E-state index is 10.4. The van der Waals surface area contributed by atoms with Gasteiger partial charge in [-0.05, 0) is 12.3 Å². The molecule has 0 saturated heterocycles. The minimum absolute atomic E-state index is 0. The molecule has 15 heavy (non-hydrogen) atoms. The third-order valence-corrected chi connectivity index (χ3v) is 2.64. The Labute approximate surface area is 116 Å². The number of aliphatic carboxylic acids is 1. The number of hydrogen-bond acceptors (Lipinski definition) is 2. The Morgan fingerprint density at radius 1 is 1.07 bits per heavy atom. The maximum absolute atomic E-state index is 10.4. The number of carboxylic acid groups (broad SMARTS) is 1. The summed E-state index contributed by atoms with van der Waals surface area (Å²) in [5.74, 6) is -1.18. The van der Waals surface area contributed by atoms with E-state index >= 15 is 0 Å². The fraction of sp³-hybridized carbons (Fsp3) is 0.917. The summed E-state index contributed by atoms with van der Waals surface area (Å²) in [6.45, 7) is 3.94. The molecule has 0 N–H and O–H groups in total. The standard InChI is InChI=1S/C12H24O2.Na/c1-3-4-5-6-7-8-9-10-11(2)12(13)14;/h11H,3-10H2,1-2H3,(H,13,14);/q;+1/p-1. The van der Waals surface area contributed by atoms with Crippen LogP contribution in [0.3, 0.4) is 0 Å². The molecule has 0 radical (unpaired) electrons. The molecule has 1 unspecified atom stereocenters. The van der Waals surface area contributed by atoms with Crippen molar-refractivity contribution in [1.82, 2.24) is 0 Å². The molecule has 0 aromatic rings. The zero-order chi connectivity index (χ0) is 10.8. The fourth-order valence-electron chi connectivity index (χ4n) is 1.53. The first-order valence-corrected chi connectivity index (χ1v) is 5.89. The molecule has 1 atom stereocenters. The summed E-state index contributed by atoms with van der Waals surface area (Å²) in [6, 6.07) is 0. The molecular formula is C12H23NaO2. The number of unbranched alkanes of at least 4 members (excludes halogenated alkanes) is 6. The Morgan fingerprint density at radius 2 is 1.53 bits per heavy atom. The molecule has 0 rings (SSSR count). The van der Waals surface area contributed by atoms with Gasteiger partial charge in [0.2, 0.25) is 0 Å². The molecule has 0 bridgehead atoms. The van der Waals surface area contributed by atoms with Gasteiger partial charge in [0, 0.05) is 5.97 Å². The topological polar surface area (TPSA) is 40.1 Å². The largest absolute Gasteiger partial charge is 1.00 e. The van der Waals surface area contributed by atoms with Gasteiger partial charge in [-0.3, -0.25) is 0 Å².